The summed E-state index contributed by atoms with van der Waals surface area (Å²) in [5.74, 6) is 0.989. The zero-order chi connectivity index (χ0) is 11.2. The largest absolute Gasteiger partial charge is 0.241 e. The molecule has 0 amide bonds. The van der Waals surface area contributed by atoms with Gasteiger partial charge < -0.3 is 0 Å². The van der Waals surface area contributed by atoms with Crippen molar-refractivity contribution in [3.05, 3.63) is 28.7 Å². The molecule has 0 atom stereocenters. The minimum Gasteiger partial charge on any atom is -0.241 e. The van der Waals surface area contributed by atoms with Gasteiger partial charge in [-0.25, -0.2) is 9.67 Å². The van der Waals surface area contributed by atoms with E-state index in [4.69, 9.17) is 0 Å². The Balaban J connectivity index is 1.91. The first-order valence-electron chi connectivity index (χ1n) is 5.43. The van der Waals surface area contributed by atoms with Gasteiger partial charge in [-0.15, -0.1) is 11.3 Å². The number of rotatable bonds is 6. The predicted molar refractivity (Wildman–Crippen MR) is 68.8 cm³/mol. The molecule has 0 spiro atoms. The van der Waals surface area contributed by atoms with E-state index in [9.17, 15) is 0 Å². The molecule has 0 N–H and O–H groups in total. The van der Waals surface area contributed by atoms with E-state index in [0.29, 0.717) is 0 Å². The zero-order valence-electron chi connectivity index (χ0n) is 9.30. The van der Waals surface area contributed by atoms with Crippen molar-refractivity contribution in [2.24, 2.45) is 0 Å². The van der Waals surface area contributed by atoms with E-state index in [1.165, 1.54) is 11.3 Å². The van der Waals surface area contributed by atoms with Crippen molar-refractivity contribution in [1.29, 1.82) is 0 Å². The maximum absolute atomic E-state index is 4.29. The van der Waals surface area contributed by atoms with Gasteiger partial charge in [0.15, 0.2) is 5.16 Å². The summed E-state index contributed by atoms with van der Waals surface area (Å²) in [6.45, 7) is 3.17. The monoisotopic (exact) mass is 253 g/mol. The Bertz CT molecular complexity index is 409. The van der Waals surface area contributed by atoms with Crippen molar-refractivity contribution in [2.75, 3.05) is 0 Å². The topological polar surface area (TPSA) is 30.7 Å². The number of thioether (sulfide) groups is 1. The molecule has 0 saturated carbocycles. The Morgan fingerprint density at radius 2 is 2.44 bits per heavy atom. The van der Waals surface area contributed by atoms with Crippen LogP contribution in [0.15, 0.2) is 29.0 Å². The van der Waals surface area contributed by atoms with Crippen LogP contribution in [0.2, 0.25) is 0 Å². The minimum atomic E-state index is 0.975. The zero-order valence-corrected chi connectivity index (χ0v) is 10.9. The SMILES string of the molecule is CCCCn1ncnc1SCc1cccs1. The molecular formula is C11H15N3S2. The van der Waals surface area contributed by atoms with E-state index in [-0.39, 0.29) is 0 Å². The van der Waals surface area contributed by atoms with E-state index in [1.807, 2.05) is 4.68 Å². The smallest absolute Gasteiger partial charge is 0.186 e. The first-order chi connectivity index (χ1) is 7.90. The summed E-state index contributed by atoms with van der Waals surface area (Å²) in [4.78, 5) is 5.67. The second-order valence-corrected chi connectivity index (χ2v) is 5.46. The van der Waals surface area contributed by atoms with E-state index in [0.717, 1.165) is 23.9 Å². The molecule has 3 nitrogen and oxygen atoms in total. The molecule has 2 heterocycles. The third-order valence-electron chi connectivity index (χ3n) is 2.23. The van der Waals surface area contributed by atoms with Gasteiger partial charge in [-0.2, -0.15) is 5.10 Å². The van der Waals surface area contributed by atoms with Gasteiger partial charge in [0.2, 0.25) is 0 Å². The fourth-order valence-electron chi connectivity index (χ4n) is 1.36. The molecule has 16 heavy (non-hydrogen) atoms. The van der Waals surface area contributed by atoms with Gasteiger partial charge >= 0.3 is 0 Å². The first kappa shape index (κ1) is 11.7. The first-order valence-corrected chi connectivity index (χ1v) is 7.29. The number of hydrogen-bond donors (Lipinski definition) is 0. The molecule has 86 valence electrons. The average Bonchev–Trinajstić information content (AvgIpc) is 2.94. The summed E-state index contributed by atoms with van der Waals surface area (Å²) in [5.41, 5.74) is 0. The highest BCUT2D eigenvalue weighted by molar-refractivity contribution is 7.98. The lowest BCUT2D eigenvalue weighted by Gasteiger charge is -2.03. The van der Waals surface area contributed by atoms with Crippen molar-refractivity contribution >= 4 is 23.1 Å². The van der Waals surface area contributed by atoms with Gasteiger partial charge in [-0.3, -0.25) is 0 Å². The predicted octanol–water partition coefficient (Wildman–Crippen LogP) is 3.43. The maximum Gasteiger partial charge on any atom is 0.186 e. The van der Waals surface area contributed by atoms with Crippen LogP contribution in [0.4, 0.5) is 0 Å². The Labute approximate surface area is 104 Å². The highest BCUT2D eigenvalue weighted by Gasteiger charge is 2.05. The van der Waals surface area contributed by atoms with Crippen molar-refractivity contribution in [3.8, 4) is 0 Å². The lowest BCUT2D eigenvalue weighted by atomic mass is 10.3. The van der Waals surface area contributed by atoms with Crippen LogP contribution in [0.25, 0.3) is 0 Å². The molecule has 2 aromatic rings. The van der Waals surface area contributed by atoms with Crippen molar-refractivity contribution in [2.45, 2.75) is 37.2 Å². The molecule has 0 fully saturated rings. The average molecular weight is 253 g/mol. The van der Waals surface area contributed by atoms with Gasteiger partial charge in [0.1, 0.15) is 6.33 Å². The van der Waals surface area contributed by atoms with Crippen molar-refractivity contribution < 1.29 is 0 Å². The molecule has 0 unspecified atom stereocenters. The quantitative estimate of drug-likeness (QED) is 0.739. The van der Waals surface area contributed by atoms with Crippen LogP contribution in [0.5, 0.6) is 0 Å². The summed E-state index contributed by atoms with van der Waals surface area (Å²) in [5, 5.41) is 7.38. The number of aromatic nitrogens is 3. The normalized spacial score (nSPS) is 10.8. The maximum atomic E-state index is 4.29. The van der Waals surface area contributed by atoms with Crippen LogP contribution < -0.4 is 0 Å². The lowest BCUT2D eigenvalue weighted by Crippen LogP contribution is -2.01. The summed E-state index contributed by atoms with van der Waals surface area (Å²) >= 11 is 3.55. The van der Waals surface area contributed by atoms with Gasteiger partial charge in [-0.1, -0.05) is 31.2 Å². The summed E-state index contributed by atoms with van der Waals surface area (Å²) in [6, 6.07) is 4.24. The Morgan fingerprint density at radius 3 is 3.19 bits per heavy atom. The molecule has 2 aromatic heterocycles. The Morgan fingerprint density at radius 1 is 1.50 bits per heavy atom. The number of unbranched alkanes of at least 4 members (excludes halogenated alkanes) is 1. The van der Waals surface area contributed by atoms with Gasteiger partial charge in [0.05, 0.1) is 0 Å². The van der Waals surface area contributed by atoms with Crippen LogP contribution in [-0.2, 0) is 12.3 Å². The second-order valence-electron chi connectivity index (χ2n) is 3.49. The molecule has 0 saturated heterocycles. The highest BCUT2D eigenvalue weighted by atomic mass is 32.2. The molecule has 0 aliphatic rings. The lowest BCUT2D eigenvalue weighted by molar-refractivity contribution is 0.527. The minimum absolute atomic E-state index is 0.975. The Kier molecular flexibility index (Phi) is 4.42. The Hall–Kier alpha value is -0.810. The van der Waals surface area contributed by atoms with E-state index in [2.05, 4.69) is 34.5 Å². The standard InChI is InChI=1S/C11H15N3S2/c1-2-3-6-14-11(12-9-13-14)16-8-10-5-4-7-15-10/h4-5,7,9H,2-3,6,8H2,1H3. The van der Waals surface area contributed by atoms with Crippen LogP contribution in [0.1, 0.15) is 24.6 Å². The van der Waals surface area contributed by atoms with Gasteiger partial charge in [0.25, 0.3) is 0 Å². The second kappa shape index (κ2) is 6.06. The van der Waals surface area contributed by atoms with Crippen LogP contribution >= 0.6 is 23.1 Å². The third-order valence-corrected chi connectivity index (χ3v) is 4.32. The summed E-state index contributed by atoms with van der Waals surface area (Å²) < 4.78 is 2.00. The number of nitrogens with zero attached hydrogens (tertiary/aromatic N) is 3. The molecule has 0 aliphatic heterocycles. The fourth-order valence-corrected chi connectivity index (χ4v) is 3.07. The van der Waals surface area contributed by atoms with Crippen LogP contribution in [0, 0.1) is 0 Å². The molecule has 0 aliphatic carbocycles. The van der Waals surface area contributed by atoms with Crippen LogP contribution in [0.3, 0.4) is 0 Å². The molecule has 5 heteroatoms. The van der Waals surface area contributed by atoms with E-state index >= 15 is 0 Å². The van der Waals surface area contributed by atoms with Crippen molar-refractivity contribution in [1.82, 2.24) is 14.8 Å². The third kappa shape index (κ3) is 3.09. The molecule has 0 aromatic carbocycles. The molecule has 2 rings (SSSR count). The van der Waals surface area contributed by atoms with E-state index in [1.54, 1.807) is 29.4 Å². The number of hydrogen-bond acceptors (Lipinski definition) is 4. The molecular weight excluding hydrogens is 238 g/mol. The van der Waals surface area contributed by atoms with E-state index < -0.39 is 0 Å². The fraction of sp³-hybridized carbons (Fsp3) is 0.455. The number of thiophene rings is 1. The van der Waals surface area contributed by atoms with Gasteiger partial charge in [0, 0.05) is 17.2 Å². The van der Waals surface area contributed by atoms with Crippen LogP contribution in [-0.4, -0.2) is 14.8 Å². The highest BCUT2D eigenvalue weighted by Crippen LogP contribution is 2.23. The summed E-state index contributed by atoms with van der Waals surface area (Å²) in [6.07, 6.45) is 4.00. The summed E-state index contributed by atoms with van der Waals surface area (Å²) in [7, 11) is 0. The van der Waals surface area contributed by atoms with Gasteiger partial charge in [-0.05, 0) is 17.9 Å². The van der Waals surface area contributed by atoms with Crippen molar-refractivity contribution in [3.63, 3.8) is 0 Å². The molecule has 0 bridgehead atoms. The number of aryl methyl sites for hydroxylation is 1. The molecule has 0 radical (unpaired) electrons.